The lowest BCUT2D eigenvalue weighted by atomic mass is 10.1. The van der Waals surface area contributed by atoms with Crippen molar-refractivity contribution < 1.29 is 22.7 Å². The lowest BCUT2D eigenvalue weighted by Gasteiger charge is -2.15. The fraction of sp³-hybridized carbons (Fsp3) is 0.391. The Morgan fingerprint density at radius 3 is 2.66 bits per heavy atom. The summed E-state index contributed by atoms with van der Waals surface area (Å²) >= 11 is 0. The van der Waals surface area contributed by atoms with Gasteiger partial charge in [-0.25, -0.2) is 8.42 Å². The van der Waals surface area contributed by atoms with Crippen molar-refractivity contribution in [1.29, 1.82) is 0 Å². The van der Waals surface area contributed by atoms with E-state index in [1.54, 1.807) is 38.5 Å². The summed E-state index contributed by atoms with van der Waals surface area (Å²) in [6.07, 6.45) is 2.81. The normalized spacial score (nSPS) is 16.2. The Hall–Kier alpha value is -3.07. The van der Waals surface area contributed by atoms with Crippen molar-refractivity contribution in [2.24, 2.45) is 4.99 Å². The molecule has 0 aliphatic carbocycles. The number of aliphatic imine (C=N–C) groups is 1. The van der Waals surface area contributed by atoms with E-state index >= 15 is 0 Å². The average molecular weight is 460 g/mol. The molecule has 2 N–H and O–H groups in total. The van der Waals surface area contributed by atoms with Crippen LogP contribution >= 0.6 is 0 Å². The first-order valence-electron chi connectivity index (χ1n) is 10.6. The van der Waals surface area contributed by atoms with E-state index in [0.29, 0.717) is 36.4 Å². The molecule has 1 unspecified atom stereocenters. The maximum atomic E-state index is 12.9. The number of amides is 1. The minimum atomic E-state index is -3.65. The van der Waals surface area contributed by atoms with Crippen molar-refractivity contribution in [2.75, 3.05) is 20.8 Å². The third-order valence-electron chi connectivity index (χ3n) is 5.27. The quantitative estimate of drug-likeness (QED) is 0.568. The first-order chi connectivity index (χ1) is 15.4. The summed E-state index contributed by atoms with van der Waals surface area (Å²) in [5.41, 5.74) is 1.44. The lowest BCUT2D eigenvalue weighted by Crippen LogP contribution is -2.36. The molecule has 2 aromatic carbocycles. The number of benzene rings is 2. The first kappa shape index (κ1) is 23.6. The predicted molar refractivity (Wildman–Crippen MR) is 123 cm³/mol. The minimum absolute atomic E-state index is 0.181. The average Bonchev–Trinajstić information content (AvgIpc) is 3.06. The van der Waals surface area contributed by atoms with Crippen LogP contribution in [0.2, 0.25) is 0 Å². The van der Waals surface area contributed by atoms with Gasteiger partial charge in [0.2, 0.25) is 5.91 Å². The van der Waals surface area contributed by atoms with Gasteiger partial charge in [0.05, 0.1) is 19.1 Å². The fourth-order valence-electron chi connectivity index (χ4n) is 3.53. The van der Waals surface area contributed by atoms with E-state index < -0.39 is 16.1 Å². The van der Waals surface area contributed by atoms with Gasteiger partial charge in [0.25, 0.3) is 10.0 Å². The molecule has 1 aliphatic heterocycles. The van der Waals surface area contributed by atoms with Crippen molar-refractivity contribution in [2.45, 2.75) is 43.5 Å². The van der Waals surface area contributed by atoms with Crippen LogP contribution in [-0.2, 0) is 21.2 Å². The molecule has 2 aromatic rings. The topological polar surface area (TPSA) is 106 Å². The smallest absolute Gasteiger partial charge is 0.263 e. The Kier molecular flexibility index (Phi) is 7.74. The number of nitrogens with zero attached hydrogens (tertiary/aromatic N) is 1. The number of amidine groups is 1. The molecule has 8 nitrogen and oxygen atoms in total. The Morgan fingerprint density at radius 1 is 1.16 bits per heavy atom. The number of hydrogen-bond donors (Lipinski definition) is 2. The molecule has 172 valence electrons. The Bertz CT molecular complexity index is 1100. The number of fused-ring (bicyclic) bond motifs is 1. The molecule has 1 amide bonds. The lowest BCUT2D eigenvalue weighted by molar-refractivity contribution is -0.122. The Balaban J connectivity index is 1.72. The zero-order valence-corrected chi connectivity index (χ0v) is 19.4. The van der Waals surface area contributed by atoms with Gasteiger partial charge in [0, 0.05) is 18.2 Å². The molecule has 9 heteroatoms. The van der Waals surface area contributed by atoms with E-state index in [1.165, 1.54) is 6.07 Å². The molecular formula is C23H29N3O5S. The van der Waals surface area contributed by atoms with Gasteiger partial charge in [-0.2, -0.15) is 0 Å². The van der Waals surface area contributed by atoms with Crippen LogP contribution in [0.5, 0.6) is 11.5 Å². The Morgan fingerprint density at radius 2 is 1.94 bits per heavy atom. The highest BCUT2D eigenvalue weighted by atomic mass is 32.2. The van der Waals surface area contributed by atoms with Crippen LogP contribution in [0, 0.1) is 0 Å². The van der Waals surface area contributed by atoms with E-state index in [1.807, 2.05) is 19.1 Å². The maximum Gasteiger partial charge on any atom is 0.263 e. The van der Waals surface area contributed by atoms with Crippen LogP contribution in [0.25, 0.3) is 0 Å². The summed E-state index contributed by atoms with van der Waals surface area (Å²) in [6.45, 7) is 2.43. The number of carbonyl (C=O) groups excluding carboxylic acids is 1. The molecule has 1 atom stereocenters. The summed E-state index contributed by atoms with van der Waals surface area (Å²) in [4.78, 5) is 17.6. The third-order valence-corrected chi connectivity index (χ3v) is 6.67. The van der Waals surface area contributed by atoms with E-state index in [9.17, 15) is 13.2 Å². The van der Waals surface area contributed by atoms with Gasteiger partial charge < -0.3 is 14.8 Å². The second kappa shape index (κ2) is 10.5. The summed E-state index contributed by atoms with van der Waals surface area (Å²) < 4.78 is 37.8. The number of carbonyl (C=O) groups is 1. The summed E-state index contributed by atoms with van der Waals surface area (Å²) in [7, 11) is -0.465. The molecule has 1 aliphatic rings. The second-order valence-electron chi connectivity index (χ2n) is 7.46. The predicted octanol–water partition coefficient (Wildman–Crippen LogP) is 2.66. The van der Waals surface area contributed by atoms with E-state index in [0.717, 1.165) is 18.4 Å². The van der Waals surface area contributed by atoms with Crippen LogP contribution < -0.4 is 19.5 Å². The van der Waals surface area contributed by atoms with Crippen molar-refractivity contribution in [3.05, 3.63) is 53.6 Å². The molecule has 0 saturated carbocycles. The second-order valence-corrected chi connectivity index (χ2v) is 9.11. The van der Waals surface area contributed by atoms with Gasteiger partial charge >= 0.3 is 0 Å². The molecule has 0 saturated heterocycles. The SMILES string of the molecule is CCCCC(N=C1NS(=O)(=O)c2ccccc21)C(=O)NCCc1ccc(OC)cc1OC. The number of unbranched alkanes of at least 4 members (excludes halogenated alkanes) is 1. The highest BCUT2D eigenvalue weighted by Crippen LogP contribution is 2.25. The van der Waals surface area contributed by atoms with Gasteiger partial charge in [-0.15, -0.1) is 0 Å². The number of ether oxygens (including phenoxy) is 2. The largest absolute Gasteiger partial charge is 0.497 e. The first-order valence-corrected chi connectivity index (χ1v) is 12.1. The summed E-state index contributed by atoms with van der Waals surface area (Å²) in [6, 6.07) is 11.5. The molecule has 3 rings (SSSR count). The van der Waals surface area contributed by atoms with Crippen LogP contribution in [0.15, 0.2) is 52.4 Å². The van der Waals surface area contributed by atoms with E-state index in [-0.39, 0.29) is 16.6 Å². The van der Waals surface area contributed by atoms with Crippen LogP contribution in [0.3, 0.4) is 0 Å². The molecule has 1 heterocycles. The molecule has 0 spiro atoms. The van der Waals surface area contributed by atoms with Crippen LogP contribution in [0.1, 0.15) is 37.3 Å². The van der Waals surface area contributed by atoms with Gasteiger partial charge in [0.15, 0.2) is 0 Å². The van der Waals surface area contributed by atoms with Crippen molar-refractivity contribution >= 4 is 21.8 Å². The zero-order chi connectivity index (χ0) is 23.1. The molecule has 32 heavy (non-hydrogen) atoms. The number of rotatable bonds is 10. The van der Waals surface area contributed by atoms with Crippen LogP contribution in [-0.4, -0.2) is 47.0 Å². The third kappa shape index (κ3) is 5.40. The van der Waals surface area contributed by atoms with E-state index in [4.69, 9.17) is 9.47 Å². The van der Waals surface area contributed by atoms with Gasteiger partial charge in [0.1, 0.15) is 23.4 Å². The molecule has 0 radical (unpaired) electrons. The maximum absolute atomic E-state index is 12.9. The highest BCUT2D eigenvalue weighted by molar-refractivity contribution is 7.90. The van der Waals surface area contributed by atoms with Crippen molar-refractivity contribution in [1.82, 2.24) is 10.0 Å². The molecule has 0 bridgehead atoms. The van der Waals surface area contributed by atoms with Gasteiger partial charge in [-0.1, -0.05) is 38.0 Å². The monoisotopic (exact) mass is 459 g/mol. The summed E-state index contributed by atoms with van der Waals surface area (Å²) in [5, 5.41) is 2.93. The molecule has 0 fully saturated rings. The number of sulfonamides is 1. The standard InChI is InChI=1S/C23H29N3O5S/c1-4-5-9-19(25-22-18-8-6-7-10-21(18)32(28,29)26-22)23(27)24-14-13-16-11-12-17(30-2)15-20(16)31-3/h6-8,10-12,15,19H,4-5,9,13-14H2,1-3H3,(H,24,27)(H,25,26). The summed E-state index contributed by atoms with van der Waals surface area (Å²) in [5.74, 6) is 1.37. The minimum Gasteiger partial charge on any atom is -0.497 e. The highest BCUT2D eigenvalue weighted by Gasteiger charge is 2.31. The van der Waals surface area contributed by atoms with Crippen molar-refractivity contribution in [3.8, 4) is 11.5 Å². The van der Waals surface area contributed by atoms with Gasteiger partial charge in [-0.05, 0) is 36.6 Å². The van der Waals surface area contributed by atoms with Gasteiger partial charge in [-0.3, -0.25) is 14.5 Å². The van der Waals surface area contributed by atoms with E-state index in [2.05, 4.69) is 15.0 Å². The number of methoxy groups -OCH3 is 2. The number of nitrogens with one attached hydrogen (secondary N) is 2. The Labute approximate surface area is 189 Å². The van der Waals surface area contributed by atoms with Crippen molar-refractivity contribution in [3.63, 3.8) is 0 Å². The zero-order valence-electron chi connectivity index (χ0n) is 18.6. The molecular weight excluding hydrogens is 430 g/mol. The van der Waals surface area contributed by atoms with Crippen LogP contribution in [0.4, 0.5) is 0 Å². The molecule has 0 aromatic heterocycles. The fourth-order valence-corrected chi connectivity index (χ4v) is 4.77. The number of hydrogen-bond acceptors (Lipinski definition) is 6.